The van der Waals surface area contributed by atoms with Crippen LogP contribution in [0, 0.1) is 0 Å². The van der Waals surface area contributed by atoms with Crippen molar-refractivity contribution < 1.29 is 5.11 Å². The summed E-state index contributed by atoms with van der Waals surface area (Å²) in [4.78, 5) is 4.06. The largest absolute Gasteiger partial charge is 0.391 e. The highest BCUT2D eigenvalue weighted by atomic mass is 32.2. The van der Waals surface area contributed by atoms with Gasteiger partial charge in [-0.25, -0.2) is 0 Å². The van der Waals surface area contributed by atoms with Crippen LogP contribution in [0.2, 0.25) is 0 Å². The van der Waals surface area contributed by atoms with Gasteiger partial charge in [0.05, 0.1) is 6.10 Å². The predicted octanol–water partition coefficient (Wildman–Crippen LogP) is 1.42. The van der Waals surface area contributed by atoms with Gasteiger partial charge < -0.3 is 10.5 Å². The van der Waals surface area contributed by atoms with E-state index in [0.717, 1.165) is 12.8 Å². The molecule has 2 rings (SSSR count). The van der Waals surface area contributed by atoms with Crippen molar-refractivity contribution >= 4 is 18.2 Å². The van der Waals surface area contributed by atoms with Crippen molar-refractivity contribution in [3.05, 3.63) is 23.9 Å². The molecule has 0 fully saturated rings. The molecule has 0 saturated carbocycles. The van der Waals surface area contributed by atoms with Crippen molar-refractivity contribution in [3.8, 4) is 0 Å². The van der Waals surface area contributed by atoms with Crippen molar-refractivity contribution in [2.75, 3.05) is 0 Å². The van der Waals surface area contributed by atoms with E-state index >= 15 is 0 Å². The van der Waals surface area contributed by atoms with E-state index in [1.54, 1.807) is 18.1 Å². The molecule has 2 aliphatic rings. The molecule has 2 aliphatic heterocycles. The van der Waals surface area contributed by atoms with Crippen molar-refractivity contribution in [2.45, 2.75) is 31.4 Å². The molecule has 2 N–H and O–H groups in total. The summed E-state index contributed by atoms with van der Waals surface area (Å²) < 4.78 is 1.98. The van der Waals surface area contributed by atoms with Crippen LogP contribution in [-0.2, 0) is 0 Å². The Morgan fingerprint density at radius 3 is 3.13 bits per heavy atom. The highest BCUT2D eigenvalue weighted by Gasteiger charge is 2.42. The topological polar surface area (TPSA) is 47.9 Å². The summed E-state index contributed by atoms with van der Waals surface area (Å²) in [6.07, 6.45) is 8.47. The maximum atomic E-state index is 10.2. The zero-order valence-electron chi connectivity index (χ0n) is 8.63. The van der Waals surface area contributed by atoms with Gasteiger partial charge in [0.25, 0.3) is 0 Å². The number of hydrazine groups is 1. The maximum Gasteiger partial charge on any atom is 0.102 e. The summed E-state index contributed by atoms with van der Waals surface area (Å²) in [7, 11) is 0. The van der Waals surface area contributed by atoms with Gasteiger partial charge in [0.1, 0.15) is 5.54 Å². The van der Waals surface area contributed by atoms with Gasteiger partial charge in [0, 0.05) is 30.4 Å². The molecule has 2 heterocycles. The second-order valence-corrected chi connectivity index (χ2v) is 4.45. The molecule has 15 heavy (non-hydrogen) atoms. The van der Waals surface area contributed by atoms with Gasteiger partial charge in [-0.2, -0.15) is 0 Å². The Morgan fingerprint density at radius 2 is 2.60 bits per heavy atom. The maximum absolute atomic E-state index is 10.2. The van der Waals surface area contributed by atoms with E-state index in [9.17, 15) is 5.11 Å². The molecule has 0 aliphatic carbocycles. The Morgan fingerprint density at radius 1 is 1.73 bits per heavy atom. The number of aliphatic hydroxyl groups is 1. The fraction of sp³-hybridized carbons (Fsp3) is 0.500. The van der Waals surface area contributed by atoms with Crippen molar-refractivity contribution in [2.24, 2.45) is 4.99 Å². The Kier molecular flexibility index (Phi) is 3.14. The van der Waals surface area contributed by atoms with Crippen LogP contribution in [0.4, 0.5) is 0 Å². The predicted molar refractivity (Wildman–Crippen MR) is 63.0 cm³/mol. The number of nitrogens with zero attached hydrogens (tertiary/aromatic N) is 2. The minimum absolute atomic E-state index is 0.384. The van der Waals surface area contributed by atoms with E-state index in [4.69, 9.17) is 0 Å². The van der Waals surface area contributed by atoms with Crippen molar-refractivity contribution in [1.29, 1.82) is 0 Å². The van der Waals surface area contributed by atoms with E-state index in [-0.39, 0.29) is 5.54 Å². The molecule has 2 atom stereocenters. The average Bonchev–Trinajstić information content (AvgIpc) is 2.83. The van der Waals surface area contributed by atoms with Crippen LogP contribution in [0.1, 0.15) is 19.8 Å². The lowest BCUT2D eigenvalue weighted by atomic mass is 9.87. The van der Waals surface area contributed by atoms with Crippen LogP contribution in [0.5, 0.6) is 0 Å². The van der Waals surface area contributed by atoms with Gasteiger partial charge in [0.15, 0.2) is 0 Å². The second kappa shape index (κ2) is 4.38. The molecule has 2 unspecified atom stereocenters. The summed E-state index contributed by atoms with van der Waals surface area (Å²) in [6.45, 7) is 1.99. The highest BCUT2D eigenvalue weighted by Crippen LogP contribution is 2.35. The third kappa shape index (κ3) is 1.82. The molecule has 0 aromatic rings. The van der Waals surface area contributed by atoms with Gasteiger partial charge in [-0.05, 0) is 24.4 Å². The van der Waals surface area contributed by atoms with Crippen molar-refractivity contribution in [3.63, 3.8) is 0 Å². The summed E-state index contributed by atoms with van der Waals surface area (Å²) in [5.74, 6) is 0. The molecular formula is C10H15N3OS. The van der Waals surface area contributed by atoms with Gasteiger partial charge in [-0.3, -0.25) is 4.99 Å². The first kappa shape index (κ1) is 10.7. The van der Waals surface area contributed by atoms with Gasteiger partial charge in [-0.1, -0.05) is 6.92 Å². The lowest BCUT2D eigenvalue weighted by Crippen LogP contribution is -2.55. The number of hydrogen-bond acceptors (Lipinski definition) is 5. The third-order valence-electron chi connectivity index (χ3n) is 2.74. The van der Waals surface area contributed by atoms with Crippen LogP contribution in [0.25, 0.3) is 0 Å². The van der Waals surface area contributed by atoms with E-state index in [0.29, 0.717) is 0 Å². The minimum atomic E-state index is -0.402. The molecule has 5 heteroatoms. The molecule has 0 radical (unpaired) electrons. The van der Waals surface area contributed by atoms with Crippen LogP contribution >= 0.6 is 11.9 Å². The van der Waals surface area contributed by atoms with Gasteiger partial charge in [-0.15, -0.1) is 4.41 Å². The first-order chi connectivity index (χ1) is 7.29. The van der Waals surface area contributed by atoms with Gasteiger partial charge in [0.2, 0.25) is 0 Å². The molecular weight excluding hydrogens is 210 g/mol. The fourth-order valence-corrected chi connectivity index (χ4v) is 2.64. The monoisotopic (exact) mass is 225 g/mol. The number of nitrogens with one attached hydrogen (secondary N) is 1. The number of aliphatic hydroxyl groups excluding tert-OH is 1. The molecule has 0 amide bonds. The molecule has 0 aromatic heterocycles. The Labute approximate surface area is 93.9 Å². The lowest BCUT2D eigenvalue weighted by molar-refractivity contribution is 0.0366. The fourth-order valence-electron chi connectivity index (χ4n) is 1.82. The van der Waals surface area contributed by atoms with Crippen LogP contribution in [0.3, 0.4) is 0 Å². The van der Waals surface area contributed by atoms with E-state index in [2.05, 4.69) is 10.4 Å². The molecule has 0 saturated heterocycles. The number of rotatable bonds is 3. The Balaban J connectivity index is 2.22. The first-order valence-electron chi connectivity index (χ1n) is 5.05. The van der Waals surface area contributed by atoms with E-state index in [1.807, 2.05) is 35.2 Å². The summed E-state index contributed by atoms with van der Waals surface area (Å²) in [5.41, 5.74) is 2.74. The van der Waals surface area contributed by atoms with Crippen LogP contribution in [0.15, 0.2) is 28.9 Å². The third-order valence-corrected chi connectivity index (χ3v) is 3.65. The Hall–Kier alpha value is -0.780. The van der Waals surface area contributed by atoms with Gasteiger partial charge >= 0.3 is 0 Å². The molecule has 0 bridgehead atoms. The standard InChI is InChI=1S/C10H15N3OS/c1-2-9(14)10(3-5-11-6-4-10)13-12-7-8-15-13/h3,5-9,12,14H,2,4H2,1H3. The molecule has 0 spiro atoms. The zero-order chi connectivity index (χ0) is 10.7. The first-order valence-corrected chi connectivity index (χ1v) is 5.89. The summed E-state index contributed by atoms with van der Waals surface area (Å²) in [6, 6.07) is 0. The highest BCUT2D eigenvalue weighted by molar-refractivity contribution is 8.00. The zero-order valence-corrected chi connectivity index (χ0v) is 9.44. The van der Waals surface area contributed by atoms with E-state index < -0.39 is 6.10 Å². The smallest absolute Gasteiger partial charge is 0.102 e. The van der Waals surface area contributed by atoms with E-state index in [1.165, 1.54) is 0 Å². The average molecular weight is 225 g/mol. The number of hydrogen-bond donors (Lipinski definition) is 2. The van der Waals surface area contributed by atoms with Crippen LogP contribution in [-0.4, -0.2) is 27.4 Å². The molecule has 82 valence electrons. The quantitative estimate of drug-likeness (QED) is 0.713. The number of aliphatic imine (C=N–C) groups is 1. The van der Waals surface area contributed by atoms with Crippen LogP contribution < -0.4 is 5.43 Å². The second-order valence-electron chi connectivity index (χ2n) is 3.60. The molecule has 0 aromatic carbocycles. The summed E-state index contributed by atoms with van der Waals surface area (Å²) in [5, 5.41) is 12.1. The summed E-state index contributed by atoms with van der Waals surface area (Å²) >= 11 is 1.56. The molecule has 4 nitrogen and oxygen atoms in total. The SMILES string of the molecule is CCC(O)C1(N2NC=CS2)C=CN=CC1. The lowest BCUT2D eigenvalue weighted by Gasteiger charge is -2.41. The normalized spacial score (nSPS) is 31.9. The Bertz CT molecular complexity index is 308. The van der Waals surface area contributed by atoms with Crippen molar-refractivity contribution in [1.82, 2.24) is 9.84 Å². The minimum Gasteiger partial charge on any atom is -0.391 e.